The minimum atomic E-state index is -4.57. The van der Waals surface area contributed by atoms with E-state index in [1.807, 2.05) is 0 Å². The Morgan fingerprint density at radius 2 is 1.58 bits per heavy atom. The smallest absolute Gasteiger partial charge is 0.329 e. The molecular formula is C16H12F3NO4. The van der Waals surface area contributed by atoms with Crippen molar-refractivity contribution in [2.45, 2.75) is 19.0 Å². The average molecular weight is 339 g/mol. The number of hydrogen-bond acceptors (Lipinski definition) is 4. The van der Waals surface area contributed by atoms with E-state index in [1.54, 1.807) is 0 Å². The van der Waals surface area contributed by atoms with Gasteiger partial charge in [0.05, 0.1) is 23.0 Å². The lowest BCUT2D eigenvalue weighted by molar-refractivity contribution is -0.207. The van der Waals surface area contributed by atoms with Gasteiger partial charge in [-0.05, 0) is 25.0 Å². The largest absolute Gasteiger partial charge is 0.392 e. The summed E-state index contributed by atoms with van der Waals surface area (Å²) in [6.45, 7) is 0. The van der Waals surface area contributed by atoms with Crippen LogP contribution >= 0.6 is 0 Å². The summed E-state index contributed by atoms with van der Waals surface area (Å²) in [6, 6.07) is 5.82. The van der Waals surface area contributed by atoms with Gasteiger partial charge in [-0.25, -0.2) is 4.79 Å². The minimum absolute atomic E-state index is 0.0474. The summed E-state index contributed by atoms with van der Waals surface area (Å²) >= 11 is 0. The monoisotopic (exact) mass is 339 g/mol. The second kappa shape index (κ2) is 5.77. The molecule has 0 bridgehead atoms. The van der Waals surface area contributed by atoms with E-state index in [4.69, 9.17) is 4.84 Å². The average Bonchev–Trinajstić information content (AvgIpc) is 2.79. The van der Waals surface area contributed by atoms with Gasteiger partial charge in [-0.3, -0.25) is 9.59 Å². The van der Waals surface area contributed by atoms with Crippen LogP contribution in [0.2, 0.25) is 0 Å². The Hall–Kier alpha value is -2.64. The van der Waals surface area contributed by atoms with Crippen molar-refractivity contribution in [3.05, 3.63) is 47.5 Å². The van der Waals surface area contributed by atoms with Gasteiger partial charge in [0.15, 0.2) is 0 Å². The summed E-state index contributed by atoms with van der Waals surface area (Å²) in [5.74, 6) is -6.35. The molecule has 5 nitrogen and oxygen atoms in total. The number of carbonyl (C=O) groups is 3. The highest BCUT2D eigenvalue weighted by Gasteiger charge is 2.49. The van der Waals surface area contributed by atoms with Crippen molar-refractivity contribution in [3.63, 3.8) is 0 Å². The van der Waals surface area contributed by atoms with Crippen LogP contribution in [-0.2, 0) is 9.63 Å². The zero-order chi connectivity index (χ0) is 17.5. The molecule has 0 aromatic heterocycles. The lowest BCUT2D eigenvalue weighted by atomic mass is 9.82. The highest BCUT2D eigenvalue weighted by atomic mass is 19.4. The first-order valence-electron chi connectivity index (χ1n) is 7.22. The lowest BCUT2D eigenvalue weighted by Gasteiger charge is -2.29. The number of fused-ring (bicyclic) bond motifs is 1. The molecule has 1 aromatic carbocycles. The Balaban J connectivity index is 1.79. The fraction of sp³-hybridized carbons (Fsp3) is 0.312. The zero-order valence-corrected chi connectivity index (χ0v) is 12.2. The van der Waals surface area contributed by atoms with Gasteiger partial charge in [-0.2, -0.15) is 13.2 Å². The molecule has 2 aliphatic rings. The normalized spacial score (nSPS) is 23.4. The van der Waals surface area contributed by atoms with Crippen LogP contribution in [0.5, 0.6) is 0 Å². The van der Waals surface area contributed by atoms with Gasteiger partial charge in [0.1, 0.15) is 0 Å². The van der Waals surface area contributed by atoms with Crippen molar-refractivity contribution in [2.75, 3.05) is 0 Å². The van der Waals surface area contributed by atoms with Crippen molar-refractivity contribution in [1.29, 1.82) is 0 Å². The third kappa shape index (κ3) is 2.68. The van der Waals surface area contributed by atoms with Crippen LogP contribution in [0, 0.1) is 11.8 Å². The molecule has 3 rings (SSSR count). The third-order valence-corrected chi connectivity index (χ3v) is 4.09. The van der Waals surface area contributed by atoms with Crippen LogP contribution in [0.15, 0.2) is 36.4 Å². The molecule has 24 heavy (non-hydrogen) atoms. The van der Waals surface area contributed by atoms with Gasteiger partial charge in [-0.15, -0.1) is 0 Å². The number of carbonyl (C=O) groups excluding carboxylic acids is 3. The number of alkyl halides is 3. The molecule has 0 fully saturated rings. The van der Waals surface area contributed by atoms with Gasteiger partial charge in [0.25, 0.3) is 11.8 Å². The number of amides is 2. The quantitative estimate of drug-likeness (QED) is 0.614. The van der Waals surface area contributed by atoms with Gasteiger partial charge in [0, 0.05) is 0 Å². The van der Waals surface area contributed by atoms with E-state index in [9.17, 15) is 27.6 Å². The Kier molecular flexibility index (Phi) is 3.90. The van der Waals surface area contributed by atoms with Crippen LogP contribution in [-0.4, -0.2) is 29.0 Å². The number of nitrogens with zero attached hydrogens (tertiary/aromatic N) is 1. The summed E-state index contributed by atoms with van der Waals surface area (Å²) in [5.41, 5.74) is 0.0948. The minimum Gasteiger partial charge on any atom is -0.329 e. The molecule has 0 spiro atoms. The molecule has 1 aromatic rings. The van der Waals surface area contributed by atoms with Crippen LogP contribution in [0.3, 0.4) is 0 Å². The van der Waals surface area contributed by atoms with Gasteiger partial charge < -0.3 is 4.84 Å². The highest BCUT2D eigenvalue weighted by molar-refractivity contribution is 6.20. The predicted octanol–water partition coefficient (Wildman–Crippen LogP) is 2.89. The maximum Gasteiger partial charge on any atom is 0.392 e. The van der Waals surface area contributed by atoms with E-state index in [1.165, 1.54) is 36.4 Å². The maximum atomic E-state index is 13.0. The molecule has 8 heteroatoms. The summed E-state index contributed by atoms with van der Waals surface area (Å²) in [6.07, 6.45) is -2.27. The number of hydroxylamine groups is 2. The summed E-state index contributed by atoms with van der Waals surface area (Å²) < 4.78 is 39.1. The molecule has 0 radical (unpaired) electrons. The molecule has 1 aliphatic heterocycles. The highest BCUT2D eigenvalue weighted by Crippen LogP contribution is 2.40. The fourth-order valence-electron chi connectivity index (χ4n) is 2.84. The SMILES string of the molecule is O=C(ON1C(=O)c2ccccc2C1=O)[C@@H]1CC=CC[C@H]1C(F)(F)F. The third-order valence-electron chi connectivity index (χ3n) is 4.09. The van der Waals surface area contributed by atoms with E-state index in [0.717, 1.165) is 0 Å². The summed E-state index contributed by atoms with van der Waals surface area (Å²) in [7, 11) is 0. The molecule has 0 saturated carbocycles. The molecular weight excluding hydrogens is 327 g/mol. The van der Waals surface area contributed by atoms with Crippen LogP contribution in [0.1, 0.15) is 33.6 Å². The Morgan fingerprint density at radius 3 is 2.12 bits per heavy atom. The molecule has 0 unspecified atom stereocenters. The topological polar surface area (TPSA) is 63.7 Å². The Bertz CT molecular complexity index is 706. The molecule has 1 heterocycles. The number of imide groups is 1. The number of allylic oxidation sites excluding steroid dienone is 2. The second-order valence-corrected chi connectivity index (χ2v) is 5.56. The van der Waals surface area contributed by atoms with Crippen LogP contribution in [0.25, 0.3) is 0 Å². The number of benzene rings is 1. The first-order chi connectivity index (χ1) is 11.3. The van der Waals surface area contributed by atoms with Crippen molar-refractivity contribution in [2.24, 2.45) is 11.8 Å². The summed E-state index contributed by atoms with van der Waals surface area (Å²) in [4.78, 5) is 41.1. The first kappa shape index (κ1) is 16.2. The zero-order valence-electron chi connectivity index (χ0n) is 12.2. The van der Waals surface area contributed by atoms with Crippen molar-refractivity contribution < 1.29 is 32.4 Å². The Morgan fingerprint density at radius 1 is 1.04 bits per heavy atom. The van der Waals surface area contributed by atoms with E-state index in [2.05, 4.69) is 0 Å². The molecule has 2 atom stereocenters. The predicted molar refractivity (Wildman–Crippen MR) is 74.4 cm³/mol. The van der Waals surface area contributed by atoms with Crippen molar-refractivity contribution >= 4 is 17.8 Å². The molecule has 0 saturated heterocycles. The molecule has 126 valence electrons. The second-order valence-electron chi connectivity index (χ2n) is 5.56. The van der Waals surface area contributed by atoms with E-state index < -0.39 is 35.8 Å². The Labute approximate surface area is 134 Å². The van der Waals surface area contributed by atoms with Gasteiger partial charge in [0.2, 0.25) is 0 Å². The van der Waals surface area contributed by atoms with Crippen LogP contribution < -0.4 is 0 Å². The number of rotatable bonds is 2. The lowest BCUT2D eigenvalue weighted by Crippen LogP contribution is -2.41. The van der Waals surface area contributed by atoms with Gasteiger partial charge in [-0.1, -0.05) is 29.3 Å². The molecule has 2 amide bonds. The van der Waals surface area contributed by atoms with Crippen molar-refractivity contribution in [1.82, 2.24) is 5.06 Å². The van der Waals surface area contributed by atoms with Gasteiger partial charge >= 0.3 is 12.1 Å². The van der Waals surface area contributed by atoms with E-state index in [-0.39, 0.29) is 29.0 Å². The standard InChI is InChI=1S/C16H12F3NO4/c17-16(18,19)12-8-4-3-7-11(12)15(23)24-20-13(21)9-5-1-2-6-10(9)14(20)22/h1-6,11-12H,7-8H2/t11-,12-/m1/s1. The molecule has 0 N–H and O–H groups in total. The fourth-order valence-corrected chi connectivity index (χ4v) is 2.84. The van der Waals surface area contributed by atoms with Crippen molar-refractivity contribution in [3.8, 4) is 0 Å². The maximum absolute atomic E-state index is 13.0. The van der Waals surface area contributed by atoms with E-state index in [0.29, 0.717) is 0 Å². The molecule has 1 aliphatic carbocycles. The van der Waals surface area contributed by atoms with E-state index >= 15 is 0 Å². The number of hydrogen-bond donors (Lipinski definition) is 0. The van der Waals surface area contributed by atoms with Crippen LogP contribution in [0.4, 0.5) is 13.2 Å². The summed E-state index contributed by atoms with van der Waals surface area (Å²) in [5, 5.41) is 0.235. The number of halogens is 3. The first-order valence-corrected chi connectivity index (χ1v) is 7.22.